The predicted molar refractivity (Wildman–Crippen MR) is 113 cm³/mol. The van der Waals surface area contributed by atoms with Crippen LogP contribution in [0.15, 0.2) is 29.3 Å². The number of rotatable bonds is 3. The Balaban J connectivity index is 0.00000182. The summed E-state index contributed by atoms with van der Waals surface area (Å²) in [5, 5.41) is 7.93. The molecule has 1 aromatic carbocycles. The quantitative estimate of drug-likeness (QED) is 0.395. The van der Waals surface area contributed by atoms with Crippen LogP contribution in [0.25, 0.3) is 0 Å². The van der Waals surface area contributed by atoms with E-state index in [-0.39, 0.29) is 24.0 Å². The van der Waals surface area contributed by atoms with Gasteiger partial charge in [0.2, 0.25) is 0 Å². The highest BCUT2D eigenvalue weighted by molar-refractivity contribution is 14.0. The number of guanidine groups is 1. The predicted octanol–water partition coefficient (Wildman–Crippen LogP) is 3.97. The highest BCUT2D eigenvalue weighted by Gasteiger charge is 2.65. The van der Waals surface area contributed by atoms with E-state index in [9.17, 15) is 0 Å². The molecule has 3 aliphatic rings. The molecular formula is C19H27ClIN3O. The van der Waals surface area contributed by atoms with E-state index in [1.807, 2.05) is 31.3 Å². The zero-order valence-electron chi connectivity index (χ0n) is 14.6. The van der Waals surface area contributed by atoms with Crippen LogP contribution in [0.4, 0.5) is 0 Å². The van der Waals surface area contributed by atoms with Crippen molar-refractivity contribution < 1.29 is 4.74 Å². The van der Waals surface area contributed by atoms with Crippen LogP contribution in [-0.2, 0) is 11.3 Å². The highest BCUT2D eigenvalue weighted by Crippen LogP contribution is 2.60. The van der Waals surface area contributed by atoms with E-state index < -0.39 is 0 Å². The number of aliphatic imine (C=N–C) groups is 1. The summed E-state index contributed by atoms with van der Waals surface area (Å²) in [6, 6.07) is 8.43. The second kappa shape index (κ2) is 8.01. The van der Waals surface area contributed by atoms with Crippen LogP contribution in [0.3, 0.4) is 0 Å². The van der Waals surface area contributed by atoms with Gasteiger partial charge in [-0.25, -0.2) is 0 Å². The van der Waals surface area contributed by atoms with Gasteiger partial charge >= 0.3 is 0 Å². The van der Waals surface area contributed by atoms with Crippen molar-refractivity contribution in [3.05, 3.63) is 34.9 Å². The molecule has 0 radical (unpaired) electrons. The monoisotopic (exact) mass is 475 g/mol. The standard InChI is InChI=1S/C19H26ClN3O.HI/c1-21-18(22-12-13-6-2-3-7-15(13)20)23-16-14-8-11-24-17(14)19(16)9-4-5-10-19;/h2-3,6-7,14,16-17H,4-5,8-12H2,1H3,(H2,21,22,23);1H. The van der Waals surface area contributed by atoms with E-state index >= 15 is 0 Å². The molecule has 1 heterocycles. The van der Waals surface area contributed by atoms with Gasteiger partial charge in [-0.15, -0.1) is 24.0 Å². The van der Waals surface area contributed by atoms with Crippen molar-refractivity contribution in [1.29, 1.82) is 0 Å². The lowest BCUT2D eigenvalue weighted by Gasteiger charge is -2.57. The number of nitrogens with zero attached hydrogens (tertiary/aromatic N) is 1. The van der Waals surface area contributed by atoms with E-state index in [0.29, 0.717) is 30.0 Å². The van der Waals surface area contributed by atoms with E-state index in [1.165, 1.54) is 32.1 Å². The molecule has 2 N–H and O–H groups in total. The van der Waals surface area contributed by atoms with Gasteiger partial charge in [0.05, 0.1) is 6.10 Å². The fourth-order valence-corrected chi connectivity index (χ4v) is 5.27. The molecule has 2 aliphatic carbocycles. The SMILES string of the molecule is CN=C(NCc1ccccc1Cl)NC1C2CCOC2C12CCCC2.I. The second-order valence-corrected chi connectivity index (χ2v) is 7.73. The lowest BCUT2D eigenvalue weighted by atomic mass is 9.54. The van der Waals surface area contributed by atoms with Crippen molar-refractivity contribution in [2.75, 3.05) is 13.7 Å². The van der Waals surface area contributed by atoms with Crippen LogP contribution >= 0.6 is 35.6 Å². The Labute approximate surface area is 172 Å². The molecule has 1 aliphatic heterocycles. The van der Waals surface area contributed by atoms with Gasteiger partial charge in [0.15, 0.2) is 5.96 Å². The Bertz CT molecular complexity index is 633. The highest BCUT2D eigenvalue weighted by atomic mass is 127. The molecule has 3 unspecified atom stereocenters. The molecule has 3 atom stereocenters. The Morgan fingerprint density at radius 2 is 2.08 bits per heavy atom. The van der Waals surface area contributed by atoms with Gasteiger partial charge in [0.1, 0.15) is 0 Å². The number of hydrogen-bond acceptors (Lipinski definition) is 2. The Kier molecular flexibility index (Phi) is 6.16. The lowest BCUT2D eigenvalue weighted by Crippen LogP contribution is -2.69. The minimum atomic E-state index is 0. The molecule has 1 aromatic rings. The largest absolute Gasteiger partial charge is 0.377 e. The summed E-state index contributed by atoms with van der Waals surface area (Å²) in [6.07, 6.45) is 6.87. The van der Waals surface area contributed by atoms with Gasteiger partial charge in [0.25, 0.3) is 0 Å². The number of halogens is 2. The van der Waals surface area contributed by atoms with Crippen molar-refractivity contribution in [3.63, 3.8) is 0 Å². The first-order valence-electron chi connectivity index (χ1n) is 9.07. The Morgan fingerprint density at radius 3 is 2.80 bits per heavy atom. The molecular weight excluding hydrogens is 449 g/mol. The topological polar surface area (TPSA) is 45.7 Å². The molecule has 4 rings (SSSR count). The third kappa shape index (κ3) is 3.39. The van der Waals surface area contributed by atoms with E-state index in [0.717, 1.165) is 23.2 Å². The fourth-order valence-electron chi connectivity index (χ4n) is 5.07. The maximum Gasteiger partial charge on any atom is 0.191 e. The molecule has 1 spiro atoms. The average Bonchev–Trinajstić information content (AvgIpc) is 3.25. The molecule has 0 bridgehead atoms. The molecule has 6 heteroatoms. The average molecular weight is 476 g/mol. The number of hydrogen-bond donors (Lipinski definition) is 2. The van der Waals surface area contributed by atoms with Gasteiger partial charge in [0, 0.05) is 42.6 Å². The summed E-state index contributed by atoms with van der Waals surface area (Å²) >= 11 is 6.25. The molecule has 25 heavy (non-hydrogen) atoms. The first-order chi connectivity index (χ1) is 11.7. The van der Waals surface area contributed by atoms with E-state index in [4.69, 9.17) is 16.3 Å². The third-order valence-electron chi connectivity index (χ3n) is 6.21. The Morgan fingerprint density at radius 1 is 1.32 bits per heavy atom. The molecule has 138 valence electrons. The third-order valence-corrected chi connectivity index (χ3v) is 6.57. The summed E-state index contributed by atoms with van der Waals surface area (Å²) in [7, 11) is 1.84. The summed E-state index contributed by atoms with van der Waals surface area (Å²) in [6.45, 7) is 1.60. The van der Waals surface area contributed by atoms with Gasteiger partial charge in [-0.2, -0.15) is 0 Å². The smallest absolute Gasteiger partial charge is 0.191 e. The maximum atomic E-state index is 6.25. The van der Waals surface area contributed by atoms with E-state index in [2.05, 4.69) is 15.6 Å². The summed E-state index contributed by atoms with van der Waals surface area (Å²) in [4.78, 5) is 4.43. The van der Waals surface area contributed by atoms with Crippen molar-refractivity contribution in [3.8, 4) is 0 Å². The zero-order valence-corrected chi connectivity index (χ0v) is 17.7. The van der Waals surface area contributed by atoms with Gasteiger partial charge in [-0.1, -0.05) is 42.6 Å². The van der Waals surface area contributed by atoms with Crippen LogP contribution < -0.4 is 10.6 Å². The summed E-state index contributed by atoms with van der Waals surface area (Å²) in [5.41, 5.74) is 1.43. The van der Waals surface area contributed by atoms with Crippen LogP contribution in [0.1, 0.15) is 37.7 Å². The minimum Gasteiger partial charge on any atom is -0.377 e. The van der Waals surface area contributed by atoms with Crippen molar-refractivity contribution >= 4 is 41.5 Å². The maximum absolute atomic E-state index is 6.25. The Hall–Kier alpha value is -0.530. The fraction of sp³-hybridized carbons (Fsp3) is 0.632. The van der Waals surface area contributed by atoms with Crippen LogP contribution in [-0.4, -0.2) is 31.8 Å². The van der Waals surface area contributed by atoms with Gasteiger partial charge < -0.3 is 15.4 Å². The van der Waals surface area contributed by atoms with Gasteiger partial charge in [-0.05, 0) is 30.9 Å². The normalized spacial score (nSPS) is 29.7. The first kappa shape index (κ1) is 19.2. The van der Waals surface area contributed by atoms with Crippen LogP contribution in [0, 0.1) is 11.3 Å². The number of nitrogens with one attached hydrogen (secondary N) is 2. The minimum absolute atomic E-state index is 0. The molecule has 2 saturated carbocycles. The number of fused-ring (bicyclic) bond motifs is 2. The van der Waals surface area contributed by atoms with Crippen molar-refractivity contribution in [1.82, 2.24) is 10.6 Å². The summed E-state index contributed by atoms with van der Waals surface area (Å²) in [5.74, 6) is 1.51. The number of benzene rings is 1. The number of ether oxygens (including phenoxy) is 1. The molecule has 0 aromatic heterocycles. The molecule has 3 fully saturated rings. The second-order valence-electron chi connectivity index (χ2n) is 7.32. The molecule has 1 saturated heterocycles. The first-order valence-corrected chi connectivity index (χ1v) is 9.44. The lowest BCUT2D eigenvalue weighted by molar-refractivity contribution is -0.125. The zero-order chi connectivity index (χ0) is 16.6. The van der Waals surface area contributed by atoms with Crippen molar-refractivity contribution in [2.45, 2.75) is 50.8 Å². The van der Waals surface area contributed by atoms with Crippen molar-refractivity contribution in [2.24, 2.45) is 16.3 Å². The summed E-state index contributed by atoms with van der Waals surface area (Å²) < 4.78 is 6.06. The van der Waals surface area contributed by atoms with E-state index in [1.54, 1.807) is 0 Å². The van der Waals surface area contributed by atoms with Gasteiger partial charge in [-0.3, -0.25) is 4.99 Å². The van der Waals surface area contributed by atoms with Crippen LogP contribution in [0.2, 0.25) is 5.02 Å². The molecule has 0 amide bonds. The van der Waals surface area contributed by atoms with Crippen LogP contribution in [0.5, 0.6) is 0 Å². The molecule has 4 nitrogen and oxygen atoms in total.